The first-order valence-corrected chi connectivity index (χ1v) is 11.7. The molecule has 2 fully saturated rings. The van der Waals surface area contributed by atoms with Gasteiger partial charge in [-0.2, -0.15) is 0 Å². The summed E-state index contributed by atoms with van der Waals surface area (Å²) in [5.74, 6) is 0.529. The standard InChI is InChI=1S/C25H30FN5O2.ClH/c1-13-9-18(20(10-19(13)26)33-11-15-3-4-15)22-24-23(29-12-28-22)21(14(2)30-24)25(32)31-17-7-5-16(27)6-8-17;/h9-10,12,15-17,30H,3-8,11,27H2,1-2H3,(H,31,32);1H. The normalized spacial score (nSPS) is 20.1. The van der Waals surface area contributed by atoms with Crippen LogP contribution < -0.4 is 15.8 Å². The highest BCUT2D eigenvalue weighted by Crippen LogP contribution is 2.37. The number of carbonyl (C=O) groups is 1. The number of rotatable bonds is 6. The minimum Gasteiger partial charge on any atom is -0.492 e. The lowest BCUT2D eigenvalue weighted by Gasteiger charge is -2.26. The lowest BCUT2D eigenvalue weighted by Crippen LogP contribution is -2.40. The Hall–Kier alpha value is -2.71. The van der Waals surface area contributed by atoms with E-state index in [2.05, 4.69) is 20.3 Å². The number of fused-ring (bicyclic) bond motifs is 1. The number of aromatic amines is 1. The average Bonchev–Trinajstić information content (AvgIpc) is 3.55. The summed E-state index contributed by atoms with van der Waals surface area (Å²) in [6, 6.07) is 3.52. The molecule has 2 heterocycles. The second-order valence-electron chi connectivity index (χ2n) is 9.51. The fourth-order valence-electron chi connectivity index (χ4n) is 4.58. The summed E-state index contributed by atoms with van der Waals surface area (Å²) in [6.07, 6.45) is 7.32. The van der Waals surface area contributed by atoms with Gasteiger partial charge in [0.15, 0.2) is 0 Å². The van der Waals surface area contributed by atoms with Crippen molar-refractivity contribution < 1.29 is 13.9 Å². The first-order valence-electron chi connectivity index (χ1n) is 11.7. The van der Waals surface area contributed by atoms with Crippen molar-refractivity contribution in [3.8, 4) is 17.0 Å². The molecular formula is C25H31ClFN5O2. The number of aryl methyl sites for hydroxylation is 2. The van der Waals surface area contributed by atoms with E-state index in [4.69, 9.17) is 10.5 Å². The fraction of sp³-hybridized carbons (Fsp3) is 0.480. The largest absolute Gasteiger partial charge is 0.492 e. The smallest absolute Gasteiger partial charge is 0.255 e. The lowest BCUT2D eigenvalue weighted by molar-refractivity contribution is 0.0927. The minimum atomic E-state index is -0.315. The summed E-state index contributed by atoms with van der Waals surface area (Å²) in [5, 5.41) is 3.15. The van der Waals surface area contributed by atoms with Crippen LogP contribution in [0.1, 0.15) is 60.1 Å². The average molecular weight is 488 g/mol. The molecule has 0 unspecified atom stereocenters. The van der Waals surface area contributed by atoms with Crippen LogP contribution in [-0.4, -0.2) is 39.5 Å². The Morgan fingerprint density at radius 1 is 1.18 bits per heavy atom. The number of nitrogens with two attached hydrogens (primary N) is 1. The molecule has 9 heteroatoms. The number of benzene rings is 1. The minimum absolute atomic E-state index is 0. The number of carbonyl (C=O) groups excluding carboxylic acids is 1. The van der Waals surface area contributed by atoms with E-state index >= 15 is 0 Å². The summed E-state index contributed by atoms with van der Waals surface area (Å²) in [7, 11) is 0. The molecule has 0 aliphatic heterocycles. The van der Waals surface area contributed by atoms with Crippen LogP contribution >= 0.6 is 12.4 Å². The molecule has 2 saturated carbocycles. The van der Waals surface area contributed by atoms with Gasteiger partial charge in [-0.1, -0.05) is 0 Å². The van der Waals surface area contributed by atoms with E-state index in [-0.39, 0.29) is 36.2 Å². The zero-order valence-electron chi connectivity index (χ0n) is 19.5. The number of halogens is 2. The van der Waals surface area contributed by atoms with Crippen molar-refractivity contribution in [3.63, 3.8) is 0 Å². The summed E-state index contributed by atoms with van der Waals surface area (Å²) in [4.78, 5) is 25.4. The quantitative estimate of drug-likeness (QED) is 0.471. The Morgan fingerprint density at radius 3 is 2.62 bits per heavy atom. The van der Waals surface area contributed by atoms with Gasteiger partial charge in [0.2, 0.25) is 0 Å². The van der Waals surface area contributed by atoms with Crippen molar-refractivity contribution >= 4 is 29.3 Å². The number of ether oxygens (including phenoxy) is 1. The molecule has 34 heavy (non-hydrogen) atoms. The topological polar surface area (TPSA) is 106 Å². The van der Waals surface area contributed by atoms with Gasteiger partial charge in [-0.3, -0.25) is 4.79 Å². The molecule has 1 aromatic carbocycles. The van der Waals surface area contributed by atoms with E-state index in [0.29, 0.717) is 51.7 Å². The van der Waals surface area contributed by atoms with E-state index in [1.807, 2.05) is 6.92 Å². The van der Waals surface area contributed by atoms with Crippen LogP contribution in [0.4, 0.5) is 4.39 Å². The Bertz CT molecular complexity index is 1200. The van der Waals surface area contributed by atoms with Gasteiger partial charge >= 0.3 is 0 Å². The molecular weight excluding hydrogens is 457 g/mol. The number of amides is 1. The van der Waals surface area contributed by atoms with Crippen LogP contribution in [-0.2, 0) is 0 Å². The summed E-state index contributed by atoms with van der Waals surface area (Å²) in [5.41, 5.74) is 10.2. The molecule has 0 bridgehead atoms. The first-order chi connectivity index (χ1) is 15.9. The number of aromatic nitrogens is 3. The maximum Gasteiger partial charge on any atom is 0.255 e. The summed E-state index contributed by atoms with van der Waals surface area (Å²) < 4.78 is 20.4. The van der Waals surface area contributed by atoms with Crippen LogP contribution in [0.25, 0.3) is 22.3 Å². The van der Waals surface area contributed by atoms with Crippen molar-refractivity contribution in [1.82, 2.24) is 20.3 Å². The summed E-state index contributed by atoms with van der Waals surface area (Å²) in [6.45, 7) is 4.14. The fourth-order valence-corrected chi connectivity index (χ4v) is 4.58. The van der Waals surface area contributed by atoms with Crippen molar-refractivity contribution in [2.24, 2.45) is 11.7 Å². The molecule has 0 radical (unpaired) electrons. The van der Waals surface area contributed by atoms with E-state index < -0.39 is 0 Å². The van der Waals surface area contributed by atoms with E-state index in [1.54, 1.807) is 13.0 Å². The molecule has 0 saturated heterocycles. The highest BCUT2D eigenvalue weighted by molar-refractivity contribution is 6.09. The second kappa shape index (κ2) is 9.88. The van der Waals surface area contributed by atoms with E-state index in [1.165, 1.54) is 12.4 Å². The molecule has 7 nitrogen and oxygen atoms in total. The third-order valence-electron chi connectivity index (χ3n) is 6.79. The number of hydrogen-bond donors (Lipinski definition) is 3. The zero-order chi connectivity index (χ0) is 23.1. The predicted octanol–water partition coefficient (Wildman–Crippen LogP) is 4.59. The van der Waals surface area contributed by atoms with E-state index in [0.717, 1.165) is 44.2 Å². The molecule has 5 rings (SSSR count). The molecule has 4 N–H and O–H groups in total. The van der Waals surface area contributed by atoms with Crippen LogP contribution in [0, 0.1) is 25.6 Å². The van der Waals surface area contributed by atoms with Gasteiger partial charge in [-0.05, 0) is 69.9 Å². The lowest BCUT2D eigenvalue weighted by atomic mass is 9.91. The highest BCUT2D eigenvalue weighted by atomic mass is 35.5. The first kappa shape index (κ1) is 24.4. The Kier molecular flexibility index (Phi) is 7.09. The summed E-state index contributed by atoms with van der Waals surface area (Å²) >= 11 is 0. The molecule has 2 aromatic heterocycles. The number of nitrogens with one attached hydrogen (secondary N) is 2. The zero-order valence-corrected chi connectivity index (χ0v) is 20.3. The number of hydrogen-bond acceptors (Lipinski definition) is 5. The second-order valence-corrected chi connectivity index (χ2v) is 9.51. The van der Waals surface area contributed by atoms with Crippen LogP contribution in [0.3, 0.4) is 0 Å². The molecule has 3 aromatic rings. The van der Waals surface area contributed by atoms with Crippen LogP contribution in [0.5, 0.6) is 5.75 Å². The van der Waals surface area contributed by atoms with Gasteiger partial charge in [0.25, 0.3) is 5.91 Å². The Morgan fingerprint density at radius 2 is 1.91 bits per heavy atom. The van der Waals surface area contributed by atoms with Crippen molar-refractivity contribution in [2.45, 2.75) is 64.5 Å². The van der Waals surface area contributed by atoms with Gasteiger partial charge in [-0.15, -0.1) is 12.4 Å². The molecule has 2 aliphatic carbocycles. The van der Waals surface area contributed by atoms with Crippen molar-refractivity contribution in [1.29, 1.82) is 0 Å². The van der Waals surface area contributed by atoms with Crippen molar-refractivity contribution in [3.05, 3.63) is 41.1 Å². The predicted molar refractivity (Wildman–Crippen MR) is 132 cm³/mol. The maximum atomic E-state index is 14.4. The molecule has 1 amide bonds. The van der Waals surface area contributed by atoms with Gasteiger partial charge in [0.1, 0.15) is 29.1 Å². The molecule has 0 atom stereocenters. The van der Waals surface area contributed by atoms with Gasteiger partial charge in [-0.25, -0.2) is 14.4 Å². The van der Waals surface area contributed by atoms with Gasteiger partial charge in [0, 0.05) is 29.4 Å². The molecule has 2 aliphatic rings. The molecule has 0 spiro atoms. The third-order valence-corrected chi connectivity index (χ3v) is 6.79. The van der Waals surface area contributed by atoms with Gasteiger partial charge < -0.3 is 20.8 Å². The SMILES string of the molecule is Cc1cc(-c2ncnc3c(C(=O)NC4CCC(N)CC4)c(C)[nH]c23)c(OCC2CC2)cc1F.Cl. The third kappa shape index (κ3) is 4.88. The van der Waals surface area contributed by atoms with E-state index in [9.17, 15) is 9.18 Å². The Labute approximate surface area is 204 Å². The number of nitrogens with zero attached hydrogens (tertiary/aromatic N) is 2. The maximum absolute atomic E-state index is 14.4. The molecule has 182 valence electrons. The van der Waals surface area contributed by atoms with Gasteiger partial charge in [0.05, 0.1) is 17.7 Å². The van der Waals surface area contributed by atoms with Crippen LogP contribution in [0.15, 0.2) is 18.5 Å². The number of H-pyrrole nitrogens is 1. The van der Waals surface area contributed by atoms with Crippen molar-refractivity contribution in [2.75, 3.05) is 6.61 Å². The monoisotopic (exact) mass is 487 g/mol. The van der Waals surface area contributed by atoms with Crippen LogP contribution in [0.2, 0.25) is 0 Å². The Balaban J connectivity index is 0.00000274. The highest BCUT2D eigenvalue weighted by Gasteiger charge is 2.27.